The average Bonchev–Trinajstić information content (AvgIpc) is 3.13. The molecule has 0 radical (unpaired) electrons. The second-order valence-corrected chi connectivity index (χ2v) is 5.27. The summed E-state index contributed by atoms with van der Waals surface area (Å²) in [5, 5.41) is 0. The highest BCUT2D eigenvalue weighted by Gasteiger charge is 2.54. The van der Waals surface area contributed by atoms with Gasteiger partial charge in [0.15, 0.2) is 0 Å². The van der Waals surface area contributed by atoms with Crippen LogP contribution in [0.3, 0.4) is 0 Å². The Bertz CT molecular complexity index is 477. The number of anilines is 1. The summed E-state index contributed by atoms with van der Waals surface area (Å²) in [7, 11) is 0. The van der Waals surface area contributed by atoms with E-state index in [1.165, 1.54) is 5.56 Å². The van der Waals surface area contributed by atoms with E-state index in [9.17, 15) is 4.79 Å². The van der Waals surface area contributed by atoms with Crippen molar-refractivity contribution >= 4 is 28.8 Å². The van der Waals surface area contributed by atoms with Gasteiger partial charge in [0.05, 0.1) is 10.4 Å². The van der Waals surface area contributed by atoms with Crippen molar-refractivity contribution in [3.63, 3.8) is 0 Å². The number of amides is 1. The highest BCUT2D eigenvalue weighted by atomic mass is 32.1. The SMILES string of the molecule is CCN(C(=O)C1(C(N)=S)CC1)c1ccc(C)cc1. The Balaban J connectivity index is 2.27. The van der Waals surface area contributed by atoms with Crippen LogP contribution in [0.15, 0.2) is 24.3 Å². The van der Waals surface area contributed by atoms with Crippen LogP contribution >= 0.6 is 12.2 Å². The van der Waals surface area contributed by atoms with Gasteiger partial charge < -0.3 is 10.6 Å². The van der Waals surface area contributed by atoms with E-state index in [4.69, 9.17) is 18.0 Å². The first-order valence-electron chi connectivity index (χ1n) is 6.20. The fourth-order valence-corrected chi connectivity index (χ4v) is 2.41. The second kappa shape index (κ2) is 4.69. The number of nitrogens with zero attached hydrogens (tertiary/aromatic N) is 1. The van der Waals surface area contributed by atoms with Crippen molar-refractivity contribution in [1.82, 2.24) is 0 Å². The lowest BCUT2D eigenvalue weighted by Crippen LogP contribution is -2.42. The Kier molecular flexibility index (Phi) is 3.39. The van der Waals surface area contributed by atoms with E-state index in [0.29, 0.717) is 11.5 Å². The van der Waals surface area contributed by atoms with Gasteiger partial charge in [-0.15, -0.1) is 0 Å². The minimum atomic E-state index is -0.573. The fourth-order valence-electron chi connectivity index (χ4n) is 2.12. The average molecular weight is 262 g/mol. The predicted molar refractivity (Wildman–Crippen MR) is 77.7 cm³/mol. The van der Waals surface area contributed by atoms with Crippen molar-refractivity contribution in [2.75, 3.05) is 11.4 Å². The molecule has 0 spiro atoms. The van der Waals surface area contributed by atoms with Gasteiger partial charge in [-0.25, -0.2) is 0 Å². The minimum absolute atomic E-state index is 0.0429. The molecule has 0 saturated heterocycles. The minimum Gasteiger partial charge on any atom is -0.392 e. The smallest absolute Gasteiger partial charge is 0.240 e. The molecule has 1 aromatic rings. The van der Waals surface area contributed by atoms with E-state index < -0.39 is 5.41 Å². The monoisotopic (exact) mass is 262 g/mol. The number of benzene rings is 1. The van der Waals surface area contributed by atoms with Gasteiger partial charge in [-0.1, -0.05) is 29.9 Å². The number of hydrogen-bond acceptors (Lipinski definition) is 2. The van der Waals surface area contributed by atoms with Gasteiger partial charge in [0.1, 0.15) is 0 Å². The maximum atomic E-state index is 12.5. The quantitative estimate of drug-likeness (QED) is 0.848. The molecule has 18 heavy (non-hydrogen) atoms. The standard InChI is InChI=1S/C14H18N2OS/c1-3-16(11-6-4-10(2)5-7-11)13(17)14(8-9-14)12(15)18/h4-7H,3,8-9H2,1-2H3,(H2,15,18). The zero-order chi connectivity index (χ0) is 13.3. The largest absolute Gasteiger partial charge is 0.392 e. The van der Waals surface area contributed by atoms with E-state index in [1.54, 1.807) is 4.90 Å². The Labute approximate surface area is 113 Å². The van der Waals surface area contributed by atoms with Crippen LogP contribution in [-0.4, -0.2) is 17.4 Å². The van der Waals surface area contributed by atoms with Crippen molar-refractivity contribution in [2.24, 2.45) is 11.1 Å². The lowest BCUT2D eigenvalue weighted by atomic mass is 10.0. The molecule has 0 aromatic heterocycles. The molecule has 1 aliphatic rings. The molecular formula is C14H18N2OS. The first-order valence-corrected chi connectivity index (χ1v) is 6.60. The van der Waals surface area contributed by atoms with E-state index in [1.807, 2.05) is 38.1 Å². The number of thiocarbonyl (C=S) groups is 1. The molecule has 0 aliphatic heterocycles. The van der Waals surface area contributed by atoms with E-state index in [0.717, 1.165) is 18.5 Å². The van der Waals surface area contributed by atoms with Gasteiger partial charge in [0.2, 0.25) is 5.91 Å². The molecule has 3 nitrogen and oxygen atoms in total. The lowest BCUT2D eigenvalue weighted by molar-refractivity contribution is -0.121. The normalized spacial score (nSPS) is 16.1. The van der Waals surface area contributed by atoms with E-state index in [2.05, 4.69) is 0 Å². The molecule has 0 atom stereocenters. The zero-order valence-electron chi connectivity index (χ0n) is 10.8. The van der Waals surface area contributed by atoms with Gasteiger partial charge in [-0.2, -0.15) is 0 Å². The zero-order valence-corrected chi connectivity index (χ0v) is 11.6. The summed E-state index contributed by atoms with van der Waals surface area (Å²) in [4.78, 5) is 14.6. The fraction of sp³-hybridized carbons (Fsp3) is 0.429. The van der Waals surface area contributed by atoms with Crippen molar-refractivity contribution < 1.29 is 4.79 Å². The molecule has 0 bridgehead atoms. The van der Waals surface area contributed by atoms with Crippen LogP contribution in [0.5, 0.6) is 0 Å². The summed E-state index contributed by atoms with van der Waals surface area (Å²) in [6.07, 6.45) is 1.56. The molecule has 1 amide bonds. The van der Waals surface area contributed by atoms with Gasteiger partial charge in [-0.05, 0) is 38.8 Å². The molecule has 2 rings (SSSR count). The Morgan fingerprint density at radius 3 is 2.33 bits per heavy atom. The number of hydrogen-bond donors (Lipinski definition) is 1. The van der Waals surface area contributed by atoms with E-state index in [-0.39, 0.29) is 5.91 Å². The van der Waals surface area contributed by atoms with Gasteiger partial charge in [-0.3, -0.25) is 4.79 Å². The highest BCUT2D eigenvalue weighted by Crippen LogP contribution is 2.48. The van der Waals surface area contributed by atoms with Crippen LogP contribution in [0.25, 0.3) is 0 Å². The molecule has 1 aromatic carbocycles. The van der Waals surface area contributed by atoms with Crippen molar-refractivity contribution in [1.29, 1.82) is 0 Å². The first kappa shape index (κ1) is 13.0. The van der Waals surface area contributed by atoms with Crippen LogP contribution in [0.4, 0.5) is 5.69 Å². The molecular weight excluding hydrogens is 244 g/mol. The van der Waals surface area contributed by atoms with Gasteiger partial charge >= 0.3 is 0 Å². The molecule has 4 heteroatoms. The van der Waals surface area contributed by atoms with Crippen molar-refractivity contribution in [3.05, 3.63) is 29.8 Å². The first-order chi connectivity index (χ1) is 8.51. The van der Waals surface area contributed by atoms with Crippen LogP contribution in [0, 0.1) is 12.3 Å². The van der Waals surface area contributed by atoms with Crippen LogP contribution < -0.4 is 10.6 Å². The third-order valence-electron chi connectivity index (χ3n) is 3.54. The van der Waals surface area contributed by atoms with Crippen LogP contribution in [0.1, 0.15) is 25.3 Å². The molecule has 96 valence electrons. The molecule has 0 heterocycles. The molecule has 1 fully saturated rings. The molecule has 2 N–H and O–H groups in total. The summed E-state index contributed by atoms with van der Waals surface area (Å²) >= 11 is 5.04. The number of carbonyl (C=O) groups is 1. The maximum absolute atomic E-state index is 12.5. The summed E-state index contributed by atoms with van der Waals surface area (Å²) < 4.78 is 0. The third kappa shape index (κ3) is 2.12. The van der Waals surface area contributed by atoms with Gasteiger partial charge in [0.25, 0.3) is 0 Å². The highest BCUT2D eigenvalue weighted by molar-refractivity contribution is 7.80. The second-order valence-electron chi connectivity index (χ2n) is 4.83. The third-order valence-corrected chi connectivity index (χ3v) is 3.93. The van der Waals surface area contributed by atoms with E-state index >= 15 is 0 Å². The molecule has 1 aliphatic carbocycles. The lowest BCUT2D eigenvalue weighted by Gasteiger charge is -2.26. The maximum Gasteiger partial charge on any atom is 0.240 e. The molecule has 0 unspecified atom stereocenters. The van der Waals surface area contributed by atoms with Crippen molar-refractivity contribution in [2.45, 2.75) is 26.7 Å². The summed E-state index contributed by atoms with van der Waals surface area (Å²) in [6.45, 7) is 4.62. The summed E-state index contributed by atoms with van der Waals surface area (Å²) in [6, 6.07) is 7.94. The van der Waals surface area contributed by atoms with Crippen LogP contribution in [0.2, 0.25) is 0 Å². The Hall–Kier alpha value is -1.42. The van der Waals surface area contributed by atoms with Gasteiger partial charge in [0, 0.05) is 12.2 Å². The Morgan fingerprint density at radius 2 is 1.94 bits per heavy atom. The number of aryl methyl sites for hydroxylation is 1. The number of rotatable bonds is 4. The molecule has 1 saturated carbocycles. The van der Waals surface area contributed by atoms with Crippen molar-refractivity contribution in [3.8, 4) is 0 Å². The predicted octanol–water partition coefficient (Wildman–Crippen LogP) is 2.41. The van der Waals surface area contributed by atoms with Crippen LogP contribution in [-0.2, 0) is 4.79 Å². The number of nitrogens with two attached hydrogens (primary N) is 1. The number of carbonyl (C=O) groups excluding carboxylic acids is 1. The summed E-state index contributed by atoms with van der Waals surface area (Å²) in [5.41, 5.74) is 7.23. The Morgan fingerprint density at radius 1 is 1.39 bits per heavy atom. The summed E-state index contributed by atoms with van der Waals surface area (Å²) in [5.74, 6) is 0.0429. The topological polar surface area (TPSA) is 46.3 Å².